The summed E-state index contributed by atoms with van der Waals surface area (Å²) < 4.78 is 26.8. The number of carbonyl (C=O) groups excluding carboxylic acids is 8. The minimum Gasteiger partial charge on any atom is -0.542 e. The summed E-state index contributed by atoms with van der Waals surface area (Å²) in [5.41, 5.74) is 0.234. The Balaban J connectivity index is 2.28. The molecule has 0 fully saturated rings. The summed E-state index contributed by atoms with van der Waals surface area (Å²) in [7, 11) is 1.11. The van der Waals surface area contributed by atoms with Crippen LogP contribution in [0, 0.1) is 11.8 Å². The Bertz CT molecular complexity index is 1830. The molecule has 0 aliphatic carbocycles. The molecular formula is C46H69BN4O14. The molecule has 1 heterocycles. The molecule has 3 N–H and O–H groups in total. The number of nitrogens with one attached hydrogen (secondary N) is 3. The number of amides is 4. The van der Waals surface area contributed by atoms with Crippen molar-refractivity contribution in [3.05, 3.63) is 41.7 Å². The molecule has 1 aromatic heterocycles. The van der Waals surface area contributed by atoms with Crippen molar-refractivity contribution in [2.45, 2.75) is 144 Å². The molecule has 0 spiro atoms. The summed E-state index contributed by atoms with van der Waals surface area (Å²) in [6.07, 6.45) is 8.74. The first-order chi connectivity index (χ1) is 31.3. The Kier molecular flexibility index (Phi) is 26.4. The predicted molar refractivity (Wildman–Crippen MR) is 241 cm³/mol. The third-order valence-corrected chi connectivity index (χ3v) is 10.5. The Hall–Kier alpha value is -5.88. The van der Waals surface area contributed by atoms with Gasteiger partial charge < -0.3 is 44.1 Å². The number of furan rings is 1. The smallest absolute Gasteiger partial charge is 0.344 e. The minimum absolute atomic E-state index is 0.102. The second-order valence-electron chi connectivity index (χ2n) is 15.5. The molecule has 0 bridgehead atoms. The molecule has 19 heteroatoms. The molecule has 0 saturated heterocycles. The van der Waals surface area contributed by atoms with E-state index in [9.17, 15) is 38.4 Å². The largest absolute Gasteiger partial charge is 0.542 e. The lowest BCUT2D eigenvalue weighted by Crippen LogP contribution is -2.49. The highest BCUT2D eigenvalue weighted by Crippen LogP contribution is 2.30. The van der Waals surface area contributed by atoms with Gasteiger partial charge in [0.25, 0.3) is 11.8 Å². The first-order valence-electron chi connectivity index (χ1n) is 22.9. The standard InChI is InChI=1S/C46H69BN4O14/c1-7-13-16-19-33(36(12-6)51(30-52)65-45(58)31(17-10-4)18-11-5)42(55)48-29-49-44(57)38-23-22-37(63-38)32-20-21-34(39(26-32)62-28-41(54)61-25-15-9-3)43(56)50-35(46(59)64-47)27-40(53)60-24-14-8-2/h20-23,26,30-31,33,35-36H,7-19,24-25,27-29,47H2,1-6H3,(H,48,55)(H,49,57)(H,50,56)/t33-,35+,36-/m1/s1. The second-order valence-corrected chi connectivity index (χ2v) is 15.5. The lowest BCUT2D eigenvalue weighted by atomic mass is 9.90. The van der Waals surface area contributed by atoms with Crippen LogP contribution in [-0.4, -0.2) is 99.7 Å². The number of nitrogens with zero attached hydrogens (tertiary/aromatic N) is 1. The van der Waals surface area contributed by atoms with Crippen molar-refractivity contribution in [2.24, 2.45) is 11.8 Å². The van der Waals surface area contributed by atoms with E-state index in [0.717, 1.165) is 51.6 Å². The number of hydrogen-bond acceptors (Lipinski definition) is 14. The number of carbonyl (C=O) groups is 8. The van der Waals surface area contributed by atoms with Gasteiger partial charge in [-0.25, -0.2) is 9.59 Å². The number of hydrogen-bond donors (Lipinski definition) is 3. The molecule has 2 rings (SSSR count). The van der Waals surface area contributed by atoms with Gasteiger partial charge in [0.1, 0.15) is 17.6 Å². The third-order valence-electron chi connectivity index (χ3n) is 10.5. The Labute approximate surface area is 383 Å². The van der Waals surface area contributed by atoms with E-state index in [2.05, 4.69) is 16.0 Å². The highest BCUT2D eigenvalue weighted by Gasteiger charge is 2.35. The van der Waals surface area contributed by atoms with E-state index in [1.54, 1.807) is 6.92 Å². The normalized spacial score (nSPS) is 12.2. The fourth-order valence-corrected chi connectivity index (χ4v) is 6.84. The highest BCUT2D eigenvalue weighted by molar-refractivity contribution is 6.08. The average molecular weight is 913 g/mol. The van der Waals surface area contributed by atoms with Gasteiger partial charge in [-0.05, 0) is 62.8 Å². The van der Waals surface area contributed by atoms with Crippen LogP contribution in [0.1, 0.15) is 152 Å². The van der Waals surface area contributed by atoms with Crippen molar-refractivity contribution in [1.29, 1.82) is 0 Å². The van der Waals surface area contributed by atoms with E-state index in [0.29, 0.717) is 56.9 Å². The maximum Gasteiger partial charge on any atom is 0.344 e. The van der Waals surface area contributed by atoms with Crippen molar-refractivity contribution in [3.8, 4) is 17.1 Å². The Morgan fingerprint density at radius 3 is 2.02 bits per heavy atom. The van der Waals surface area contributed by atoms with Crippen LogP contribution in [0.5, 0.6) is 5.75 Å². The van der Waals surface area contributed by atoms with Gasteiger partial charge in [0, 0.05) is 5.56 Å². The van der Waals surface area contributed by atoms with Crippen LogP contribution in [0.2, 0.25) is 0 Å². The van der Waals surface area contributed by atoms with Gasteiger partial charge in [0.05, 0.1) is 49.7 Å². The van der Waals surface area contributed by atoms with Crippen LogP contribution in [-0.2, 0) is 47.7 Å². The topological polar surface area (TPSA) is 235 Å². The van der Waals surface area contributed by atoms with E-state index in [4.69, 9.17) is 28.1 Å². The molecule has 0 unspecified atom stereocenters. The number of ether oxygens (including phenoxy) is 3. The Morgan fingerprint density at radius 2 is 1.42 bits per heavy atom. The van der Waals surface area contributed by atoms with Gasteiger partial charge in [0.2, 0.25) is 12.3 Å². The quantitative estimate of drug-likeness (QED) is 0.0200. The summed E-state index contributed by atoms with van der Waals surface area (Å²) in [5, 5.41) is 8.78. The SMILES string of the molecule is BOC(=O)[C@H](CC(=O)OCCCC)NC(=O)c1ccc(-c2ccc(C(=O)NCNC(=O)[C@H](CCCCC)[C@@H](CC)N(C=O)OC(=O)C(CCC)CCC)o2)cc1OCC(=O)OCCCC. The average Bonchev–Trinajstić information content (AvgIpc) is 3.80. The molecule has 0 aliphatic heterocycles. The number of unbranched alkanes of at least 4 members (excludes halogenated alkanes) is 4. The van der Waals surface area contributed by atoms with Crippen LogP contribution in [0.4, 0.5) is 0 Å². The van der Waals surface area contributed by atoms with Gasteiger partial charge in [-0.1, -0.05) is 92.6 Å². The van der Waals surface area contributed by atoms with E-state index in [-0.39, 0.29) is 48.6 Å². The van der Waals surface area contributed by atoms with Crippen LogP contribution in [0.15, 0.2) is 34.7 Å². The molecule has 18 nitrogen and oxygen atoms in total. The molecule has 1 aromatic carbocycles. The lowest BCUT2D eigenvalue weighted by Gasteiger charge is -2.32. The van der Waals surface area contributed by atoms with Gasteiger partial charge >= 0.3 is 31.9 Å². The first-order valence-corrected chi connectivity index (χ1v) is 22.9. The predicted octanol–water partition coefficient (Wildman–Crippen LogP) is 5.50. The van der Waals surface area contributed by atoms with Crippen LogP contribution < -0.4 is 20.7 Å². The summed E-state index contributed by atoms with van der Waals surface area (Å²) in [6.45, 7) is 11.1. The van der Waals surface area contributed by atoms with Gasteiger partial charge in [-0.3, -0.25) is 28.8 Å². The number of hydroxylamine groups is 2. The van der Waals surface area contributed by atoms with Crippen molar-refractivity contribution in [2.75, 3.05) is 26.5 Å². The molecular weight excluding hydrogens is 843 g/mol. The van der Waals surface area contributed by atoms with Gasteiger partial charge in [-0.2, -0.15) is 5.06 Å². The highest BCUT2D eigenvalue weighted by atomic mass is 16.7. The zero-order valence-corrected chi connectivity index (χ0v) is 39.2. The van der Waals surface area contributed by atoms with Crippen LogP contribution >= 0.6 is 0 Å². The van der Waals surface area contributed by atoms with Crippen LogP contribution in [0.3, 0.4) is 0 Å². The van der Waals surface area contributed by atoms with Crippen molar-refractivity contribution in [1.82, 2.24) is 21.0 Å². The van der Waals surface area contributed by atoms with Crippen molar-refractivity contribution in [3.63, 3.8) is 0 Å². The summed E-state index contributed by atoms with van der Waals surface area (Å²) in [4.78, 5) is 109. The fraction of sp³-hybridized carbons (Fsp3) is 0.609. The minimum atomic E-state index is -1.39. The van der Waals surface area contributed by atoms with Crippen molar-refractivity contribution < 1.29 is 66.5 Å². The fourth-order valence-electron chi connectivity index (χ4n) is 6.84. The molecule has 65 heavy (non-hydrogen) atoms. The summed E-state index contributed by atoms with van der Waals surface area (Å²) in [5.74, 6) is -5.88. The number of rotatable bonds is 33. The molecule has 0 saturated carbocycles. The van der Waals surface area contributed by atoms with Crippen molar-refractivity contribution >= 4 is 56.1 Å². The third kappa shape index (κ3) is 19.0. The number of benzene rings is 1. The molecule has 0 aliphatic rings. The molecule has 2 aromatic rings. The Morgan fingerprint density at radius 1 is 0.754 bits per heavy atom. The van der Waals surface area contributed by atoms with E-state index >= 15 is 0 Å². The maximum absolute atomic E-state index is 13.7. The lowest BCUT2D eigenvalue weighted by molar-refractivity contribution is -0.208. The first kappa shape index (κ1) is 55.3. The molecule has 0 radical (unpaired) electrons. The zero-order chi connectivity index (χ0) is 48.1. The monoisotopic (exact) mass is 912 g/mol. The van der Waals surface area contributed by atoms with E-state index < -0.39 is 72.6 Å². The molecule has 360 valence electrons. The number of esters is 2. The van der Waals surface area contributed by atoms with Gasteiger partial charge in [-0.15, -0.1) is 0 Å². The van der Waals surface area contributed by atoms with E-state index in [1.807, 2.05) is 34.6 Å². The van der Waals surface area contributed by atoms with E-state index in [1.165, 1.54) is 30.3 Å². The maximum atomic E-state index is 13.7. The zero-order valence-electron chi connectivity index (χ0n) is 39.2. The van der Waals surface area contributed by atoms with Crippen LogP contribution in [0.25, 0.3) is 11.3 Å². The second kappa shape index (κ2) is 31.1. The molecule has 3 atom stereocenters. The molecule has 4 amide bonds. The van der Waals surface area contributed by atoms with Gasteiger partial charge in [0.15, 0.2) is 12.4 Å². The summed E-state index contributed by atoms with van der Waals surface area (Å²) in [6, 6.07) is 5.01. The summed E-state index contributed by atoms with van der Waals surface area (Å²) >= 11 is 0.